The molecule has 0 fully saturated rings. The molecule has 0 aliphatic rings. The quantitative estimate of drug-likeness (QED) is 0.679. The molecule has 0 aliphatic heterocycles. The van der Waals surface area contributed by atoms with Gasteiger partial charge in [-0.05, 0) is 17.7 Å². The van der Waals surface area contributed by atoms with E-state index in [4.69, 9.17) is 11.6 Å². The molecule has 0 radical (unpaired) electrons. The van der Waals surface area contributed by atoms with Crippen LogP contribution >= 0.6 is 22.9 Å². The smallest absolute Gasteiger partial charge is 0.153 e. The number of aldehydes is 1. The Labute approximate surface area is 125 Å². The first kappa shape index (κ1) is 13.1. The van der Waals surface area contributed by atoms with Gasteiger partial charge in [0.15, 0.2) is 6.29 Å². The molecule has 0 bridgehead atoms. The molecule has 0 saturated carbocycles. The molecule has 100 valence electrons. The van der Waals surface area contributed by atoms with Crippen molar-refractivity contribution >= 4 is 29.2 Å². The third-order valence-electron chi connectivity index (χ3n) is 2.91. The van der Waals surface area contributed by atoms with Gasteiger partial charge in [0.25, 0.3) is 0 Å². The van der Waals surface area contributed by atoms with Crippen molar-refractivity contribution in [2.75, 3.05) is 0 Å². The van der Waals surface area contributed by atoms with Gasteiger partial charge >= 0.3 is 0 Å². The standard InChI is InChI=1S/C15H11ClN2OS/c16-14-7-6-13(20-14)15-12(10-19)9-18(17-15)8-11-4-2-1-3-5-11/h1-7,9-10H,8H2. The van der Waals surface area contributed by atoms with Crippen LogP contribution in [0.3, 0.4) is 0 Å². The number of carbonyl (C=O) groups is 1. The molecule has 0 N–H and O–H groups in total. The molecule has 0 amide bonds. The fraction of sp³-hybridized carbons (Fsp3) is 0.0667. The molecular weight excluding hydrogens is 292 g/mol. The van der Waals surface area contributed by atoms with Crippen molar-refractivity contribution in [3.63, 3.8) is 0 Å². The van der Waals surface area contributed by atoms with E-state index in [9.17, 15) is 4.79 Å². The molecule has 2 aromatic heterocycles. The van der Waals surface area contributed by atoms with Crippen LogP contribution in [0.1, 0.15) is 15.9 Å². The van der Waals surface area contributed by atoms with E-state index in [0.717, 1.165) is 16.7 Å². The molecule has 1 aromatic carbocycles. The lowest BCUT2D eigenvalue weighted by Crippen LogP contribution is -1.99. The molecule has 3 rings (SSSR count). The first-order chi connectivity index (χ1) is 9.76. The predicted octanol–water partition coefficient (Wildman–Crippen LogP) is 4.13. The van der Waals surface area contributed by atoms with Crippen molar-refractivity contribution in [2.45, 2.75) is 6.54 Å². The molecular formula is C15H11ClN2OS. The second-order valence-corrected chi connectivity index (χ2v) is 6.05. The Hall–Kier alpha value is -1.91. The number of hydrogen-bond donors (Lipinski definition) is 0. The Morgan fingerprint density at radius 1 is 1.20 bits per heavy atom. The highest BCUT2D eigenvalue weighted by Gasteiger charge is 2.12. The first-order valence-electron chi connectivity index (χ1n) is 6.08. The summed E-state index contributed by atoms with van der Waals surface area (Å²) in [6.45, 7) is 0.640. The lowest BCUT2D eigenvalue weighted by Gasteiger charge is -2.00. The highest BCUT2D eigenvalue weighted by Crippen LogP contribution is 2.31. The monoisotopic (exact) mass is 302 g/mol. The molecule has 0 atom stereocenters. The minimum absolute atomic E-state index is 0.583. The topological polar surface area (TPSA) is 34.9 Å². The summed E-state index contributed by atoms with van der Waals surface area (Å²) < 4.78 is 2.47. The largest absolute Gasteiger partial charge is 0.298 e. The average Bonchev–Trinajstić information content (AvgIpc) is 3.06. The zero-order valence-corrected chi connectivity index (χ0v) is 12.1. The zero-order valence-electron chi connectivity index (χ0n) is 10.5. The van der Waals surface area contributed by atoms with Crippen molar-refractivity contribution in [1.82, 2.24) is 9.78 Å². The van der Waals surface area contributed by atoms with Crippen LogP contribution in [0.25, 0.3) is 10.6 Å². The summed E-state index contributed by atoms with van der Waals surface area (Å²) in [7, 11) is 0. The van der Waals surface area contributed by atoms with Crippen molar-refractivity contribution in [3.05, 3.63) is 64.1 Å². The van der Waals surface area contributed by atoms with Crippen LogP contribution in [0.5, 0.6) is 0 Å². The number of benzene rings is 1. The van der Waals surface area contributed by atoms with Gasteiger partial charge in [0.2, 0.25) is 0 Å². The molecule has 3 nitrogen and oxygen atoms in total. The number of aromatic nitrogens is 2. The fourth-order valence-corrected chi connectivity index (χ4v) is 3.06. The van der Waals surface area contributed by atoms with Gasteiger partial charge in [-0.1, -0.05) is 41.9 Å². The van der Waals surface area contributed by atoms with Gasteiger partial charge in [-0.25, -0.2) is 0 Å². The second kappa shape index (κ2) is 5.61. The fourth-order valence-electron chi connectivity index (χ4n) is 2.01. The molecule has 0 spiro atoms. The number of carbonyl (C=O) groups excluding carboxylic acids is 1. The van der Waals surface area contributed by atoms with E-state index in [-0.39, 0.29) is 0 Å². The number of nitrogens with zero attached hydrogens (tertiary/aromatic N) is 2. The summed E-state index contributed by atoms with van der Waals surface area (Å²) in [6, 6.07) is 13.7. The van der Waals surface area contributed by atoms with E-state index in [1.165, 1.54) is 11.3 Å². The van der Waals surface area contributed by atoms with Crippen LogP contribution in [0.4, 0.5) is 0 Å². The van der Waals surface area contributed by atoms with Crippen LogP contribution in [-0.4, -0.2) is 16.1 Å². The van der Waals surface area contributed by atoms with E-state index in [1.807, 2.05) is 42.5 Å². The Morgan fingerprint density at radius 2 is 2.00 bits per heavy atom. The Morgan fingerprint density at radius 3 is 2.65 bits per heavy atom. The average molecular weight is 303 g/mol. The van der Waals surface area contributed by atoms with E-state index in [0.29, 0.717) is 22.1 Å². The predicted molar refractivity (Wildman–Crippen MR) is 81.5 cm³/mol. The second-order valence-electron chi connectivity index (χ2n) is 4.34. The number of halogens is 1. The minimum atomic E-state index is 0.583. The molecule has 2 heterocycles. The van der Waals surface area contributed by atoms with Gasteiger partial charge < -0.3 is 0 Å². The SMILES string of the molecule is O=Cc1cn(Cc2ccccc2)nc1-c1ccc(Cl)s1. The molecule has 5 heteroatoms. The van der Waals surface area contributed by atoms with Gasteiger partial charge in [0.05, 0.1) is 21.3 Å². The van der Waals surface area contributed by atoms with Crippen LogP contribution in [0, 0.1) is 0 Å². The lowest BCUT2D eigenvalue weighted by atomic mass is 10.2. The maximum Gasteiger partial charge on any atom is 0.153 e. The minimum Gasteiger partial charge on any atom is -0.298 e. The summed E-state index contributed by atoms with van der Waals surface area (Å²) >= 11 is 7.36. The van der Waals surface area contributed by atoms with E-state index >= 15 is 0 Å². The number of thiophene rings is 1. The third-order valence-corrected chi connectivity index (χ3v) is 4.15. The summed E-state index contributed by atoms with van der Waals surface area (Å²) in [5.74, 6) is 0. The zero-order chi connectivity index (χ0) is 13.9. The first-order valence-corrected chi connectivity index (χ1v) is 7.28. The van der Waals surface area contributed by atoms with Crippen molar-refractivity contribution in [3.8, 4) is 10.6 Å². The van der Waals surface area contributed by atoms with Crippen LogP contribution in [-0.2, 0) is 6.54 Å². The molecule has 0 saturated heterocycles. The van der Waals surface area contributed by atoms with Crippen LogP contribution in [0.15, 0.2) is 48.7 Å². The highest BCUT2D eigenvalue weighted by molar-refractivity contribution is 7.19. The molecule has 0 unspecified atom stereocenters. The summed E-state index contributed by atoms with van der Waals surface area (Å²) in [4.78, 5) is 12.1. The van der Waals surface area contributed by atoms with Crippen LogP contribution in [0.2, 0.25) is 4.34 Å². The van der Waals surface area contributed by atoms with Gasteiger partial charge in [0, 0.05) is 6.20 Å². The molecule has 20 heavy (non-hydrogen) atoms. The third kappa shape index (κ3) is 2.66. The maximum atomic E-state index is 11.2. The van der Waals surface area contributed by atoms with Gasteiger partial charge in [-0.2, -0.15) is 5.10 Å². The number of rotatable bonds is 4. The summed E-state index contributed by atoms with van der Waals surface area (Å²) in [5.41, 5.74) is 2.41. The Balaban J connectivity index is 1.95. The normalized spacial score (nSPS) is 10.7. The Kier molecular flexibility index (Phi) is 3.67. The summed E-state index contributed by atoms with van der Waals surface area (Å²) in [5, 5.41) is 4.50. The van der Waals surface area contributed by atoms with E-state index < -0.39 is 0 Å². The van der Waals surface area contributed by atoms with Crippen molar-refractivity contribution in [2.24, 2.45) is 0 Å². The molecule has 3 aromatic rings. The van der Waals surface area contributed by atoms with Gasteiger partial charge in [0.1, 0.15) is 5.69 Å². The maximum absolute atomic E-state index is 11.2. The van der Waals surface area contributed by atoms with Gasteiger partial charge in [-0.15, -0.1) is 11.3 Å². The lowest BCUT2D eigenvalue weighted by molar-refractivity contribution is 0.112. The van der Waals surface area contributed by atoms with Crippen LogP contribution < -0.4 is 0 Å². The van der Waals surface area contributed by atoms with Crippen molar-refractivity contribution in [1.29, 1.82) is 0 Å². The molecule has 0 aliphatic carbocycles. The van der Waals surface area contributed by atoms with E-state index in [1.54, 1.807) is 10.9 Å². The number of hydrogen-bond acceptors (Lipinski definition) is 3. The van der Waals surface area contributed by atoms with E-state index in [2.05, 4.69) is 5.10 Å². The van der Waals surface area contributed by atoms with Crippen molar-refractivity contribution < 1.29 is 4.79 Å². The summed E-state index contributed by atoms with van der Waals surface area (Å²) in [6.07, 6.45) is 2.60. The highest BCUT2D eigenvalue weighted by atomic mass is 35.5. The van der Waals surface area contributed by atoms with Gasteiger partial charge in [-0.3, -0.25) is 9.48 Å². The Bertz CT molecular complexity index is 733.